The minimum absolute atomic E-state index is 0.0561. The maximum absolute atomic E-state index is 12.7. The molecule has 1 aromatic carbocycles. The number of hydrogen-bond donors (Lipinski definition) is 1. The number of carbonyl (C=O) groups excluding carboxylic acids is 1. The van der Waals surface area contributed by atoms with E-state index in [1.165, 1.54) is 16.0 Å². The third kappa shape index (κ3) is 4.42. The topological polar surface area (TPSA) is 43.3 Å². The molecule has 3 rings (SSSR count). The van der Waals surface area contributed by atoms with Crippen LogP contribution in [0.25, 0.3) is 10.2 Å². The van der Waals surface area contributed by atoms with Crippen molar-refractivity contribution in [3.05, 3.63) is 58.1 Å². The van der Waals surface area contributed by atoms with E-state index in [2.05, 4.69) is 67.9 Å². The van der Waals surface area contributed by atoms with E-state index < -0.39 is 0 Å². The summed E-state index contributed by atoms with van der Waals surface area (Å²) >= 11 is 1.72. The molecule has 0 saturated carbocycles. The Morgan fingerprint density at radius 3 is 2.52 bits per heavy atom. The summed E-state index contributed by atoms with van der Waals surface area (Å²) < 4.78 is 8.30. The van der Waals surface area contributed by atoms with Gasteiger partial charge in [0.15, 0.2) is 0 Å². The minimum atomic E-state index is -0.0561. The standard InChI is InChI=1S/C22H28N2O2S/c1-15-12-18-20(27-15)13-19(21(25)23-10-11-26-5)24(18)14-16-6-8-17(9-7-16)22(2,3)4/h6-9,12-13H,10-11,14H2,1-5H3,(H,23,25). The molecule has 1 N–H and O–H groups in total. The van der Waals surface area contributed by atoms with Gasteiger partial charge in [-0.25, -0.2) is 0 Å². The SMILES string of the molecule is COCCNC(=O)c1cc2sc(C)cc2n1Cc1ccc(C(C)(C)C)cc1. The Bertz CT molecular complexity index is 930. The summed E-state index contributed by atoms with van der Waals surface area (Å²) in [5.41, 5.74) is 4.46. The monoisotopic (exact) mass is 384 g/mol. The lowest BCUT2D eigenvalue weighted by atomic mass is 9.87. The predicted molar refractivity (Wildman–Crippen MR) is 113 cm³/mol. The highest BCUT2D eigenvalue weighted by atomic mass is 32.1. The van der Waals surface area contributed by atoms with Gasteiger partial charge in [0.05, 0.1) is 16.8 Å². The van der Waals surface area contributed by atoms with Gasteiger partial charge >= 0.3 is 0 Å². The van der Waals surface area contributed by atoms with Gasteiger partial charge in [-0.05, 0) is 35.6 Å². The number of nitrogens with zero attached hydrogens (tertiary/aromatic N) is 1. The molecule has 4 nitrogen and oxygen atoms in total. The van der Waals surface area contributed by atoms with Crippen LogP contribution in [0.5, 0.6) is 0 Å². The van der Waals surface area contributed by atoms with Crippen molar-refractivity contribution < 1.29 is 9.53 Å². The van der Waals surface area contributed by atoms with Crippen molar-refractivity contribution in [2.75, 3.05) is 20.3 Å². The van der Waals surface area contributed by atoms with Crippen LogP contribution in [-0.4, -0.2) is 30.7 Å². The smallest absolute Gasteiger partial charge is 0.268 e. The van der Waals surface area contributed by atoms with Gasteiger partial charge in [-0.1, -0.05) is 45.0 Å². The first-order chi connectivity index (χ1) is 12.8. The second-order valence-corrected chi connectivity index (χ2v) is 9.21. The van der Waals surface area contributed by atoms with Gasteiger partial charge < -0.3 is 14.6 Å². The van der Waals surface area contributed by atoms with Crippen LogP contribution in [0.2, 0.25) is 0 Å². The molecule has 3 aromatic rings. The van der Waals surface area contributed by atoms with E-state index in [0.29, 0.717) is 25.4 Å². The normalized spacial score (nSPS) is 11.9. The summed E-state index contributed by atoms with van der Waals surface area (Å²) in [6.07, 6.45) is 0. The molecule has 0 fully saturated rings. The van der Waals surface area contributed by atoms with Gasteiger partial charge in [0.25, 0.3) is 5.91 Å². The number of thiophene rings is 1. The van der Waals surface area contributed by atoms with Crippen LogP contribution in [0.1, 0.15) is 47.3 Å². The third-order valence-corrected chi connectivity index (χ3v) is 5.68. The third-order valence-electron chi connectivity index (χ3n) is 4.70. The molecule has 0 spiro atoms. The van der Waals surface area contributed by atoms with E-state index >= 15 is 0 Å². The number of hydrogen-bond acceptors (Lipinski definition) is 3. The van der Waals surface area contributed by atoms with Crippen LogP contribution in [0.3, 0.4) is 0 Å². The summed E-state index contributed by atoms with van der Waals surface area (Å²) in [7, 11) is 1.63. The van der Waals surface area contributed by atoms with E-state index in [9.17, 15) is 4.79 Å². The number of benzene rings is 1. The fourth-order valence-corrected chi connectivity index (χ4v) is 4.14. The van der Waals surface area contributed by atoms with Gasteiger partial charge in [-0.15, -0.1) is 11.3 Å². The van der Waals surface area contributed by atoms with Gasteiger partial charge in [0.2, 0.25) is 0 Å². The van der Waals surface area contributed by atoms with E-state index in [1.54, 1.807) is 18.4 Å². The fourth-order valence-electron chi connectivity index (χ4n) is 3.17. The molecule has 2 heterocycles. The number of aryl methyl sites for hydroxylation is 1. The van der Waals surface area contributed by atoms with Crippen LogP contribution < -0.4 is 5.32 Å². The molecule has 0 aliphatic rings. The maximum atomic E-state index is 12.7. The first-order valence-corrected chi connectivity index (χ1v) is 10.1. The van der Waals surface area contributed by atoms with Crippen LogP contribution in [-0.2, 0) is 16.7 Å². The number of methoxy groups -OCH3 is 1. The highest BCUT2D eigenvalue weighted by Gasteiger charge is 2.18. The maximum Gasteiger partial charge on any atom is 0.268 e. The number of nitrogens with one attached hydrogen (secondary N) is 1. The van der Waals surface area contributed by atoms with Crippen molar-refractivity contribution in [3.63, 3.8) is 0 Å². The van der Waals surface area contributed by atoms with Gasteiger partial charge in [-0.2, -0.15) is 0 Å². The first-order valence-electron chi connectivity index (χ1n) is 9.26. The molecule has 1 amide bonds. The first kappa shape index (κ1) is 19.6. The van der Waals surface area contributed by atoms with Crippen molar-refractivity contribution in [2.45, 2.75) is 39.7 Å². The molecule has 0 radical (unpaired) electrons. The number of ether oxygens (including phenoxy) is 1. The van der Waals surface area contributed by atoms with E-state index in [1.807, 2.05) is 6.07 Å². The zero-order valence-electron chi connectivity index (χ0n) is 16.8. The van der Waals surface area contributed by atoms with Crippen molar-refractivity contribution in [3.8, 4) is 0 Å². The molecule has 0 bridgehead atoms. The van der Waals surface area contributed by atoms with Gasteiger partial charge in [0.1, 0.15) is 5.69 Å². The average molecular weight is 385 g/mol. The summed E-state index contributed by atoms with van der Waals surface area (Å²) in [4.78, 5) is 13.9. The molecule has 0 unspecified atom stereocenters. The average Bonchev–Trinajstić information content (AvgIpc) is 3.12. The Morgan fingerprint density at radius 2 is 1.89 bits per heavy atom. The Balaban J connectivity index is 1.91. The molecule has 0 atom stereocenters. The lowest BCUT2D eigenvalue weighted by Crippen LogP contribution is -2.29. The van der Waals surface area contributed by atoms with E-state index in [-0.39, 0.29) is 11.3 Å². The number of rotatable bonds is 6. The second-order valence-electron chi connectivity index (χ2n) is 7.92. The zero-order valence-corrected chi connectivity index (χ0v) is 17.6. The molecule has 144 valence electrons. The number of carbonyl (C=O) groups is 1. The summed E-state index contributed by atoms with van der Waals surface area (Å²) in [5, 5.41) is 2.94. The van der Waals surface area contributed by atoms with Crippen molar-refractivity contribution in [2.24, 2.45) is 0 Å². The largest absolute Gasteiger partial charge is 0.383 e. The molecule has 0 aliphatic carbocycles. The minimum Gasteiger partial charge on any atom is -0.383 e. The number of amides is 1. The second kappa shape index (κ2) is 7.87. The lowest BCUT2D eigenvalue weighted by molar-refractivity contribution is 0.0928. The van der Waals surface area contributed by atoms with Crippen molar-refractivity contribution in [1.29, 1.82) is 0 Å². The number of aromatic nitrogens is 1. The molecule has 27 heavy (non-hydrogen) atoms. The molecule has 2 aromatic heterocycles. The Labute approximate surface area is 165 Å². The fraction of sp³-hybridized carbons (Fsp3) is 0.409. The van der Waals surface area contributed by atoms with Crippen LogP contribution in [0.15, 0.2) is 36.4 Å². The lowest BCUT2D eigenvalue weighted by Gasteiger charge is -2.19. The van der Waals surface area contributed by atoms with Crippen molar-refractivity contribution >= 4 is 27.5 Å². The van der Waals surface area contributed by atoms with Crippen molar-refractivity contribution in [1.82, 2.24) is 9.88 Å². The molecule has 5 heteroatoms. The molecular weight excluding hydrogens is 356 g/mol. The predicted octanol–water partition coefficient (Wildman–Crippen LogP) is 4.73. The van der Waals surface area contributed by atoms with E-state index in [0.717, 1.165) is 10.2 Å². The van der Waals surface area contributed by atoms with Crippen LogP contribution in [0.4, 0.5) is 0 Å². The highest BCUT2D eigenvalue weighted by Crippen LogP contribution is 2.30. The summed E-state index contributed by atoms with van der Waals surface area (Å²) in [6.45, 7) is 10.4. The molecular formula is C22H28N2O2S. The Hall–Kier alpha value is -2.11. The van der Waals surface area contributed by atoms with E-state index in [4.69, 9.17) is 4.74 Å². The molecule has 0 saturated heterocycles. The summed E-state index contributed by atoms with van der Waals surface area (Å²) in [6, 6.07) is 12.9. The highest BCUT2D eigenvalue weighted by molar-refractivity contribution is 7.19. The Kier molecular flexibility index (Phi) is 5.72. The molecule has 0 aliphatic heterocycles. The summed E-state index contributed by atoms with van der Waals surface area (Å²) in [5.74, 6) is -0.0561. The number of fused-ring (bicyclic) bond motifs is 1. The van der Waals surface area contributed by atoms with Gasteiger partial charge in [0, 0.05) is 25.1 Å². The van der Waals surface area contributed by atoms with Gasteiger partial charge in [-0.3, -0.25) is 4.79 Å². The Morgan fingerprint density at radius 1 is 1.19 bits per heavy atom. The zero-order chi connectivity index (χ0) is 19.6. The van der Waals surface area contributed by atoms with Crippen LogP contribution >= 0.6 is 11.3 Å². The quantitative estimate of drug-likeness (QED) is 0.624. The van der Waals surface area contributed by atoms with Crippen LogP contribution in [0, 0.1) is 6.92 Å².